The number of halogens is 2. The molecule has 1 saturated carbocycles. The molecule has 0 amide bonds. The summed E-state index contributed by atoms with van der Waals surface area (Å²) in [6.45, 7) is 4.12. The average molecular weight is 472 g/mol. The van der Waals surface area contributed by atoms with Crippen LogP contribution in [0.3, 0.4) is 0 Å². The first-order valence-electron chi connectivity index (χ1n) is 12.2. The van der Waals surface area contributed by atoms with Gasteiger partial charge in [0.15, 0.2) is 0 Å². The highest BCUT2D eigenvalue weighted by atomic mass is 19.1. The van der Waals surface area contributed by atoms with Crippen molar-refractivity contribution in [2.75, 3.05) is 0 Å². The van der Waals surface area contributed by atoms with E-state index < -0.39 is 5.82 Å². The molecule has 178 valence electrons. The van der Waals surface area contributed by atoms with Gasteiger partial charge in [0.25, 0.3) is 5.89 Å². The largest absolute Gasteiger partial charge is 0.334 e. The average Bonchev–Trinajstić information content (AvgIpc) is 3.47. The zero-order chi connectivity index (χ0) is 24.1. The van der Waals surface area contributed by atoms with Gasteiger partial charge in [0, 0.05) is 23.2 Å². The monoisotopic (exact) mass is 471 g/mol. The number of nitrogens with zero attached hydrogens (tertiary/aromatic N) is 2. The van der Waals surface area contributed by atoms with E-state index in [1.165, 1.54) is 36.1 Å². The minimum absolute atomic E-state index is 0.111. The van der Waals surface area contributed by atoms with Crippen molar-refractivity contribution in [2.45, 2.75) is 51.6 Å². The predicted molar refractivity (Wildman–Crippen MR) is 132 cm³/mol. The van der Waals surface area contributed by atoms with Crippen LogP contribution in [-0.2, 0) is 6.42 Å². The summed E-state index contributed by atoms with van der Waals surface area (Å²) < 4.78 is 34.8. The van der Waals surface area contributed by atoms with E-state index in [2.05, 4.69) is 34.5 Å². The van der Waals surface area contributed by atoms with Gasteiger partial charge in [-0.2, -0.15) is 4.98 Å². The Hall–Kier alpha value is -3.38. The van der Waals surface area contributed by atoms with Crippen molar-refractivity contribution in [3.63, 3.8) is 0 Å². The molecular formula is C29H27F2N3O. The third-order valence-corrected chi connectivity index (χ3v) is 7.42. The van der Waals surface area contributed by atoms with Crippen molar-refractivity contribution in [3.05, 3.63) is 82.9 Å². The van der Waals surface area contributed by atoms with E-state index >= 15 is 4.39 Å². The van der Waals surface area contributed by atoms with Gasteiger partial charge < -0.3 is 9.84 Å². The fraction of sp³-hybridized carbons (Fsp3) is 0.310. The van der Waals surface area contributed by atoms with Crippen molar-refractivity contribution in [2.24, 2.45) is 5.92 Å². The minimum atomic E-state index is -0.530. The molecule has 1 atom stereocenters. The van der Waals surface area contributed by atoms with Crippen molar-refractivity contribution in [1.29, 1.82) is 0 Å². The molecule has 1 N–H and O–H groups in total. The molecule has 2 aliphatic carbocycles. The lowest BCUT2D eigenvalue weighted by Crippen LogP contribution is -2.41. The predicted octanol–water partition coefficient (Wildman–Crippen LogP) is 7.03. The molecule has 4 nitrogen and oxygen atoms in total. The SMILES string of the molecule is Cc1cc(-c2nc(-c3ccc4c(c3)CCC4NC3CC(C)C3)no2)c(F)cc1-c1ccccc1F. The van der Waals surface area contributed by atoms with Crippen LogP contribution in [0.25, 0.3) is 34.0 Å². The highest BCUT2D eigenvalue weighted by molar-refractivity contribution is 5.72. The summed E-state index contributed by atoms with van der Waals surface area (Å²) in [6.07, 6.45) is 4.62. The molecule has 3 aromatic carbocycles. The van der Waals surface area contributed by atoms with Crippen LogP contribution in [0.4, 0.5) is 8.78 Å². The number of rotatable bonds is 5. The fourth-order valence-corrected chi connectivity index (χ4v) is 5.52. The van der Waals surface area contributed by atoms with Crippen LogP contribution in [0.2, 0.25) is 0 Å². The number of hydrogen-bond donors (Lipinski definition) is 1. The van der Waals surface area contributed by atoms with E-state index in [4.69, 9.17) is 4.52 Å². The molecule has 6 rings (SSSR count). The highest BCUT2D eigenvalue weighted by Gasteiger charge is 2.31. The topological polar surface area (TPSA) is 51.0 Å². The van der Waals surface area contributed by atoms with Gasteiger partial charge in [-0.25, -0.2) is 8.78 Å². The van der Waals surface area contributed by atoms with Crippen LogP contribution in [-0.4, -0.2) is 16.2 Å². The Labute approximate surface area is 203 Å². The summed E-state index contributed by atoms with van der Waals surface area (Å²) >= 11 is 0. The van der Waals surface area contributed by atoms with Gasteiger partial charge in [0.1, 0.15) is 11.6 Å². The fourth-order valence-electron chi connectivity index (χ4n) is 5.52. The Kier molecular flexibility index (Phi) is 5.49. The molecule has 1 heterocycles. The van der Waals surface area contributed by atoms with Gasteiger partial charge in [-0.05, 0) is 85.0 Å². The number of fused-ring (bicyclic) bond motifs is 1. The summed E-state index contributed by atoms with van der Waals surface area (Å²) in [5, 5.41) is 7.93. The molecule has 0 bridgehead atoms. The summed E-state index contributed by atoms with van der Waals surface area (Å²) in [5.41, 5.74) is 5.31. The van der Waals surface area contributed by atoms with E-state index in [0.29, 0.717) is 29.0 Å². The first-order chi connectivity index (χ1) is 17.0. The normalized spacial score (nSPS) is 21.1. The Balaban J connectivity index is 1.25. The molecule has 4 aromatic rings. The molecule has 0 saturated heterocycles. The van der Waals surface area contributed by atoms with Crippen molar-refractivity contribution in [3.8, 4) is 34.0 Å². The molecule has 35 heavy (non-hydrogen) atoms. The number of nitrogens with one attached hydrogen (secondary N) is 1. The molecule has 0 radical (unpaired) electrons. The van der Waals surface area contributed by atoms with Gasteiger partial charge in [0.2, 0.25) is 5.82 Å². The second-order valence-corrected chi connectivity index (χ2v) is 9.99. The van der Waals surface area contributed by atoms with Crippen molar-refractivity contribution < 1.29 is 13.3 Å². The molecule has 6 heteroatoms. The van der Waals surface area contributed by atoms with Gasteiger partial charge >= 0.3 is 0 Å². The Morgan fingerprint density at radius 3 is 2.57 bits per heavy atom. The van der Waals surface area contributed by atoms with Crippen LogP contribution in [0.5, 0.6) is 0 Å². The standard InChI is InChI=1S/C29H27F2N3O/c1-16-11-20(12-16)32-27-10-8-18-14-19(7-9-21(18)27)28-33-29(35-34-28)24-13-17(2)23(15-26(24)31)22-5-3-4-6-25(22)30/h3-7,9,13-16,20,27,32H,8,10-12H2,1-2H3. The molecule has 1 unspecified atom stereocenters. The molecular weight excluding hydrogens is 444 g/mol. The first kappa shape index (κ1) is 22.1. The maximum absolute atomic E-state index is 15.1. The minimum Gasteiger partial charge on any atom is -0.334 e. The van der Waals surface area contributed by atoms with Crippen molar-refractivity contribution >= 4 is 0 Å². The summed E-state index contributed by atoms with van der Waals surface area (Å²) in [4.78, 5) is 4.49. The van der Waals surface area contributed by atoms with Crippen molar-refractivity contribution in [1.82, 2.24) is 15.5 Å². The van der Waals surface area contributed by atoms with Crippen LogP contribution in [0.1, 0.15) is 48.9 Å². The summed E-state index contributed by atoms with van der Waals surface area (Å²) in [7, 11) is 0. The lowest BCUT2D eigenvalue weighted by atomic mass is 9.81. The van der Waals surface area contributed by atoms with Crippen LogP contribution < -0.4 is 5.32 Å². The maximum Gasteiger partial charge on any atom is 0.261 e. The van der Waals surface area contributed by atoms with Gasteiger partial charge in [-0.1, -0.05) is 42.4 Å². The van der Waals surface area contributed by atoms with E-state index in [1.54, 1.807) is 24.3 Å². The lowest BCUT2D eigenvalue weighted by molar-refractivity contribution is 0.222. The maximum atomic E-state index is 15.1. The molecule has 1 fully saturated rings. The smallest absolute Gasteiger partial charge is 0.261 e. The molecule has 2 aliphatic rings. The van der Waals surface area contributed by atoms with E-state index in [-0.39, 0.29) is 17.3 Å². The van der Waals surface area contributed by atoms with E-state index in [9.17, 15) is 4.39 Å². The number of aromatic nitrogens is 2. The Bertz CT molecular complexity index is 1410. The zero-order valence-electron chi connectivity index (χ0n) is 19.8. The number of hydrogen-bond acceptors (Lipinski definition) is 4. The number of aryl methyl sites for hydroxylation is 2. The summed E-state index contributed by atoms with van der Waals surface area (Å²) in [5.74, 6) is 0.450. The van der Waals surface area contributed by atoms with Gasteiger partial charge in [-0.3, -0.25) is 0 Å². The quantitative estimate of drug-likeness (QED) is 0.339. The van der Waals surface area contributed by atoms with Gasteiger partial charge in [-0.15, -0.1) is 0 Å². The zero-order valence-corrected chi connectivity index (χ0v) is 19.8. The first-order valence-corrected chi connectivity index (χ1v) is 12.2. The Morgan fingerprint density at radius 1 is 0.943 bits per heavy atom. The second kappa shape index (κ2) is 8.68. The third kappa shape index (κ3) is 4.06. The third-order valence-electron chi connectivity index (χ3n) is 7.42. The molecule has 0 aliphatic heterocycles. The second-order valence-electron chi connectivity index (χ2n) is 9.99. The van der Waals surface area contributed by atoms with E-state index in [0.717, 1.165) is 29.9 Å². The number of benzene rings is 3. The molecule has 1 aromatic heterocycles. The lowest BCUT2D eigenvalue weighted by Gasteiger charge is -2.36. The Morgan fingerprint density at radius 2 is 1.77 bits per heavy atom. The summed E-state index contributed by atoms with van der Waals surface area (Å²) in [6, 6.07) is 16.6. The van der Waals surface area contributed by atoms with Gasteiger partial charge in [0.05, 0.1) is 5.56 Å². The van der Waals surface area contributed by atoms with Crippen LogP contribution in [0.15, 0.2) is 59.1 Å². The highest BCUT2D eigenvalue weighted by Crippen LogP contribution is 2.37. The molecule has 0 spiro atoms. The van der Waals surface area contributed by atoms with E-state index in [1.807, 2.05) is 13.0 Å². The van der Waals surface area contributed by atoms with Crippen LogP contribution in [0, 0.1) is 24.5 Å². The van der Waals surface area contributed by atoms with Crippen LogP contribution >= 0.6 is 0 Å².